The lowest BCUT2D eigenvalue weighted by Crippen LogP contribution is -2.02. The monoisotopic (exact) mass is 178 g/mol. The third-order valence-electron chi connectivity index (χ3n) is 1.18. The van der Waals surface area contributed by atoms with Gasteiger partial charge in [-0.2, -0.15) is 0 Å². The highest BCUT2D eigenvalue weighted by Gasteiger charge is 1.92. The van der Waals surface area contributed by atoms with Crippen LogP contribution in [0.2, 0.25) is 0 Å². The van der Waals surface area contributed by atoms with E-state index in [1.54, 1.807) is 0 Å². The molecule has 0 aliphatic carbocycles. The second-order valence-corrected chi connectivity index (χ2v) is 3.20. The Labute approximate surface area is 75.0 Å². The van der Waals surface area contributed by atoms with Gasteiger partial charge < -0.3 is 15.3 Å². The van der Waals surface area contributed by atoms with Crippen molar-refractivity contribution >= 4 is 0 Å². The van der Waals surface area contributed by atoms with E-state index in [-0.39, 0.29) is 0 Å². The zero-order valence-electron chi connectivity index (χ0n) is 8.32. The molecular weight excluding hydrogens is 156 g/mol. The third kappa shape index (κ3) is 22.5. The summed E-state index contributed by atoms with van der Waals surface area (Å²) in [5.41, 5.74) is 0. The maximum atomic E-state index is 8.24. The summed E-state index contributed by atoms with van der Waals surface area (Å²) in [4.78, 5) is 0. The highest BCUT2D eigenvalue weighted by Crippen LogP contribution is 1.95. The lowest BCUT2D eigenvalue weighted by Gasteiger charge is -1.97. The Morgan fingerprint density at radius 1 is 1.17 bits per heavy atom. The van der Waals surface area contributed by atoms with Crippen LogP contribution in [0.1, 0.15) is 40.0 Å². The Morgan fingerprint density at radius 2 is 1.58 bits per heavy atom. The van der Waals surface area contributed by atoms with Gasteiger partial charge in [-0.1, -0.05) is 27.2 Å². The zero-order chi connectivity index (χ0) is 9.98. The zero-order valence-corrected chi connectivity index (χ0v) is 8.32. The molecule has 0 saturated heterocycles. The predicted molar refractivity (Wildman–Crippen MR) is 49.7 cm³/mol. The van der Waals surface area contributed by atoms with Gasteiger partial charge in [0, 0.05) is 6.61 Å². The molecule has 0 heterocycles. The van der Waals surface area contributed by atoms with Crippen LogP contribution in [0.25, 0.3) is 0 Å². The SMILES string of the molecule is CC(C)CO.CCCCC(O)O. The first-order valence-electron chi connectivity index (χ1n) is 4.51. The largest absolute Gasteiger partial charge is 0.396 e. The van der Waals surface area contributed by atoms with Crippen LogP contribution in [0.3, 0.4) is 0 Å². The number of aliphatic hydroxyl groups excluding tert-OH is 2. The van der Waals surface area contributed by atoms with Gasteiger partial charge in [-0.25, -0.2) is 0 Å². The number of unbranched alkanes of at least 4 members (excludes halogenated alkanes) is 1. The first-order valence-corrected chi connectivity index (χ1v) is 4.51. The minimum Gasteiger partial charge on any atom is -0.396 e. The second-order valence-electron chi connectivity index (χ2n) is 3.20. The Bertz CT molecular complexity index is 72.2. The molecule has 0 bridgehead atoms. The van der Waals surface area contributed by atoms with Gasteiger partial charge in [-0.05, 0) is 18.8 Å². The van der Waals surface area contributed by atoms with Crippen molar-refractivity contribution in [1.82, 2.24) is 0 Å². The van der Waals surface area contributed by atoms with Gasteiger partial charge in [0.15, 0.2) is 6.29 Å². The lowest BCUT2D eigenvalue weighted by atomic mass is 10.2. The van der Waals surface area contributed by atoms with Crippen molar-refractivity contribution in [3.63, 3.8) is 0 Å². The van der Waals surface area contributed by atoms with E-state index in [0.717, 1.165) is 12.8 Å². The molecule has 0 rings (SSSR count). The molecule has 0 fully saturated rings. The van der Waals surface area contributed by atoms with Crippen LogP contribution < -0.4 is 0 Å². The average Bonchev–Trinajstić information content (AvgIpc) is 2.02. The van der Waals surface area contributed by atoms with Crippen LogP contribution in [0, 0.1) is 5.92 Å². The summed E-state index contributed by atoms with van der Waals surface area (Å²) in [7, 11) is 0. The summed E-state index contributed by atoms with van der Waals surface area (Å²) in [6.45, 7) is 6.27. The summed E-state index contributed by atoms with van der Waals surface area (Å²) in [6, 6.07) is 0. The van der Waals surface area contributed by atoms with Crippen molar-refractivity contribution in [2.24, 2.45) is 5.92 Å². The molecule has 0 saturated carbocycles. The molecule has 0 unspecified atom stereocenters. The molecule has 3 heteroatoms. The van der Waals surface area contributed by atoms with Crippen LogP contribution in [0.5, 0.6) is 0 Å². The van der Waals surface area contributed by atoms with Gasteiger partial charge in [-0.15, -0.1) is 0 Å². The number of aliphatic hydroxyl groups is 3. The molecule has 0 aromatic rings. The molecule has 0 aliphatic heterocycles. The maximum Gasteiger partial charge on any atom is 0.151 e. The fourth-order valence-corrected chi connectivity index (χ4v) is 0.387. The number of rotatable bonds is 4. The Morgan fingerprint density at radius 3 is 1.67 bits per heavy atom. The summed E-state index contributed by atoms with van der Waals surface area (Å²) in [6.07, 6.45) is 1.34. The van der Waals surface area contributed by atoms with Crippen LogP contribution in [0.15, 0.2) is 0 Å². The van der Waals surface area contributed by atoms with Crippen molar-refractivity contribution in [1.29, 1.82) is 0 Å². The van der Waals surface area contributed by atoms with Crippen molar-refractivity contribution in [2.45, 2.75) is 46.3 Å². The molecule has 0 atom stereocenters. The van der Waals surface area contributed by atoms with E-state index in [1.165, 1.54) is 0 Å². The predicted octanol–water partition coefficient (Wildman–Crippen LogP) is 1.12. The van der Waals surface area contributed by atoms with E-state index < -0.39 is 6.29 Å². The first kappa shape index (κ1) is 14.4. The Kier molecular flexibility index (Phi) is 13.1. The van der Waals surface area contributed by atoms with Crippen molar-refractivity contribution in [3.8, 4) is 0 Å². The van der Waals surface area contributed by atoms with E-state index in [1.807, 2.05) is 20.8 Å². The normalized spacial score (nSPS) is 10.0. The molecule has 0 aliphatic rings. The standard InChI is InChI=1S/C5H12O2.C4H10O/c1-2-3-4-5(6)7;1-4(2)3-5/h5-7H,2-4H2,1H3;4-5H,3H2,1-2H3. The maximum absolute atomic E-state index is 8.24. The smallest absolute Gasteiger partial charge is 0.151 e. The van der Waals surface area contributed by atoms with Crippen molar-refractivity contribution in [3.05, 3.63) is 0 Å². The van der Waals surface area contributed by atoms with Crippen molar-refractivity contribution in [2.75, 3.05) is 6.61 Å². The highest BCUT2D eigenvalue weighted by atomic mass is 16.5. The molecule has 0 spiro atoms. The molecule has 12 heavy (non-hydrogen) atoms. The van der Waals surface area contributed by atoms with E-state index in [2.05, 4.69) is 0 Å². The Balaban J connectivity index is 0. The molecule has 3 nitrogen and oxygen atoms in total. The summed E-state index contributed by atoms with van der Waals surface area (Å²) < 4.78 is 0. The lowest BCUT2D eigenvalue weighted by molar-refractivity contribution is -0.0463. The van der Waals surface area contributed by atoms with Gasteiger partial charge in [0.05, 0.1) is 0 Å². The van der Waals surface area contributed by atoms with Crippen LogP contribution in [-0.4, -0.2) is 28.2 Å². The molecule has 76 valence electrons. The first-order chi connectivity index (χ1) is 5.54. The molecular formula is C9H22O3. The van der Waals surface area contributed by atoms with Crippen molar-refractivity contribution < 1.29 is 15.3 Å². The number of hydrogen-bond donors (Lipinski definition) is 3. The summed E-state index contributed by atoms with van der Waals surface area (Å²) >= 11 is 0. The fourth-order valence-electron chi connectivity index (χ4n) is 0.387. The van der Waals surface area contributed by atoms with Gasteiger partial charge in [-0.3, -0.25) is 0 Å². The van der Waals surface area contributed by atoms with Gasteiger partial charge in [0.25, 0.3) is 0 Å². The number of hydrogen-bond acceptors (Lipinski definition) is 3. The molecule has 3 N–H and O–H groups in total. The fraction of sp³-hybridized carbons (Fsp3) is 1.00. The second kappa shape index (κ2) is 10.9. The van der Waals surface area contributed by atoms with Crippen LogP contribution >= 0.6 is 0 Å². The minimum absolute atomic E-state index is 0.306. The van der Waals surface area contributed by atoms with Gasteiger partial charge in [0.2, 0.25) is 0 Å². The molecule has 0 aromatic carbocycles. The highest BCUT2D eigenvalue weighted by molar-refractivity contribution is 4.36. The summed E-state index contributed by atoms with van der Waals surface area (Å²) in [5.74, 6) is 0.440. The minimum atomic E-state index is -1.10. The molecule has 0 radical (unpaired) electrons. The van der Waals surface area contributed by atoms with Crippen LogP contribution in [-0.2, 0) is 0 Å². The Hall–Kier alpha value is -0.120. The third-order valence-corrected chi connectivity index (χ3v) is 1.18. The average molecular weight is 178 g/mol. The van der Waals surface area contributed by atoms with Crippen LogP contribution in [0.4, 0.5) is 0 Å². The summed E-state index contributed by atoms with van der Waals surface area (Å²) in [5, 5.41) is 24.6. The van der Waals surface area contributed by atoms with Gasteiger partial charge >= 0.3 is 0 Å². The van der Waals surface area contributed by atoms with Gasteiger partial charge in [0.1, 0.15) is 0 Å². The topological polar surface area (TPSA) is 60.7 Å². The van der Waals surface area contributed by atoms with E-state index >= 15 is 0 Å². The van der Waals surface area contributed by atoms with E-state index in [9.17, 15) is 0 Å². The van der Waals surface area contributed by atoms with E-state index in [4.69, 9.17) is 15.3 Å². The van der Waals surface area contributed by atoms with E-state index in [0.29, 0.717) is 18.9 Å². The quantitative estimate of drug-likeness (QED) is 0.565. The molecule has 0 amide bonds. The molecule has 0 aromatic heterocycles.